The van der Waals surface area contributed by atoms with Crippen molar-refractivity contribution in [3.63, 3.8) is 0 Å². The van der Waals surface area contributed by atoms with Gasteiger partial charge in [-0.25, -0.2) is 4.79 Å². The lowest BCUT2D eigenvalue weighted by Crippen LogP contribution is -2.06. The van der Waals surface area contributed by atoms with E-state index in [2.05, 4.69) is 0 Å². The van der Waals surface area contributed by atoms with Crippen LogP contribution in [0.2, 0.25) is 0 Å². The first-order chi connectivity index (χ1) is 11.0. The van der Waals surface area contributed by atoms with Crippen molar-refractivity contribution in [2.24, 2.45) is 0 Å². The molecular weight excluding hydrogens is 322 g/mol. The lowest BCUT2D eigenvalue weighted by Gasteiger charge is -2.13. The van der Waals surface area contributed by atoms with Crippen LogP contribution in [0.15, 0.2) is 46.2 Å². The molecule has 0 fully saturated rings. The maximum atomic E-state index is 11.5. The summed E-state index contributed by atoms with van der Waals surface area (Å²) in [5.41, 5.74) is -0.652. The van der Waals surface area contributed by atoms with Crippen LogP contribution in [0.25, 0.3) is 0 Å². The van der Waals surface area contributed by atoms with Crippen LogP contribution in [-0.4, -0.2) is 30.2 Å². The van der Waals surface area contributed by atoms with Crippen LogP contribution in [0.4, 0.5) is 5.69 Å². The van der Waals surface area contributed by atoms with Crippen molar-refractivity contribution >= 4 is 23.4 Å². The van der Waals surface area contributed by atoms with Gasteiger partial charge in [-0.2, -0.15) is 0 Å². The largest absolute Gasteiger partial charge is 0.493 e. The second-order valence-corrected chi connectivity index (χ2v) is 5.40. The number of carboxylic acid groups (broad SMARTS) is 1. The van der Waals surface area contributed by atoms with Gasteiger partial charge in [-0.1, -0.05) is 30.0 Å². The van der Waals surface area contributed by atoms with E-state index in [0.717, 1.165) is 11.8 Å². The summed E-state index contributed by atoms with van der Waals surface area (Å²) in [6, 6.07) is 10.0. The fourth-order valence-corrected chi connectivity index (χ4v) is 3.04. The molecular formula is C15H13NO6S. The number of aromatic carboxylic acids is 1. The minimum Gasteiger partial charge on any atom is -0.493 e. The Labute approximate surface area is 136 Å². The van der Waals surface area contributed by atoms with E-state index in [-0.39, 0.29) is 22.0 Å². The van der Waals surface area contributed by atoms with Crippen molar-refractivity contribution in [2.75, 3.05) is 14.2 Å². The second kappa shape index (κ2) is 7.01. The topological polar surface area (TPSA) is 98.9 Å². The minimum atomic E-state index is -1.28. The van der Waals surface area contributed by atoms with Gasteiger partial charge < -0.3 is 14.6 Å². The number of hydrogen-bond acceptors (Lipinski definition) is 6. The quantitative estimate of drug-likeness (QED) is 0.637. The van der Waals surface area contributed by atoms with E-state index in [4.69, 9.17) is 9.47 Å². The van der Waals surface area contributed by atoms with E-state index in [1.165, 1.54) is 20.3 Å². The number of benzene rings is 2. The Morgan fingerprint density at radius 3 is 2.35 bits per heavy atom. The fraction of sp³-hybridized carbons (Fsp3) is 0.133. The first-order valence-electron chi connectivity index (χ1n) is 6.39. The Bertz CT molecular complexity index is 747. The van der Waals surface area contributed by atoms with E-state index in [1.807, 2.05) is 0 Å². The fourth-order valence-electron chi connectivity index (χ4n) is 1.99. The summed E-state index contributed by atoms with van der Waals surface area (Å²) >= 11 is 0.988. The third kappa shape index (κ3) is 3.37. The van der Waals surface area contributed by atoms with Gasteiger partial charge >= 0.3 is 11.7 Å². The molecule has 0 aromatic heterocycles. The number of hydrogen-bond donors (Lipinski definition) is 1. The minimum absolute atomic E-state index is 0.00554. The van der Waals surface area contributed by atoms with Crippen LogP contribution in [0, 0.1) is 10.1 Å². The summed E-state index contributed by atoms with van der Waals surface area (Å²) in [7, 11) is 2.56. The zero-order valence-corrected chi connectivity index (χ0v) is 13.1. The number of carbonyl (C=O) groups is 1. The molecule has 0 aliphatic carbocycles. The van der Waals surface area contributed by atoms with E-state index in [0.29, 0.717) is 4.90 Å². The van der Waals surface area contributed by atoms with Gasteiger partial charge in [-0.05, 0) is 12.1 Å². The van der Waals surface area contributed by atoms with E-state index >= 15 is 0 Å². The summed E-state index contributed by atoms with van der Waals surface area (Å²) < 4.78 is 10.1. The van der Waals surface area contributed by atoms with Crippen LogP contribution in [-0.2, 0) is 0 Å². The molecule has 0 saturated carbocycles. The zero-order valence-electron chi connectivity index (χ0n) is 12.3. The number of nitro benzene ring substituents is 1. The molecule has 0 spiro atoms. The molecule has 0 heterocycles. The SMILES string of the molecule is COc1cc(C(=O)O)c(Sc2ccccc2)c([N+](=O)[O-])c1OC. The van der Waals surface area contributed by atoms with Gasteiger partial charge in [0.1, 0.15) is 4.90 Å². The molecule has 0 radical (unpaired) electrons. The molecule has 1 N–H and O–H groups in total. The maximum Gasteiger partial charge on any atom is 0.337 e. The zero-order chi connectivity index (χ0) is 17.0. The average Bonchev–Trinajstić information content (AvgIpc) is 2.54. The highest BCUT2D eigenvalue weighted by Gasteiger charge is 2.31. The van der Waals surface area contributed by atoms with Crippen molar-refractivity contribution in [1.82, 2.24) is 0 Å². The van der Waals surface area contributed by atoms with Gasteiger partial charge in [0, 0.05) is 11.0 Å². The molecule has 2 aromatic carbocycles. The molecule has 0 bridgehead atoms. The Balaban J connectivity index is 2.74. The summed E-state index contributed by atoms with van der Waals surface area (Å²) in [5, 5.41) is 20.9. The lowest BCUT2D eigenvalue weighted by molar-refractivity contribution is -0.388. The second-order valence-electron chi connectivity index (χ2n) is 4.31. The van der Waals surface area contributed by atoms with Crippen LogP contribution in [0.3, 0.4) is 0 Å². The summed E-state index contributed by atoms with van der Waals surface area (Å²) in [6.45, 7) is 0. The number of nitro groups is 1. The summed E-state index contributed by atoms with van der Waals surface area (Å²) in [5.74, 6) is -1.40. The van der Waals surface area contributed by atoms with Gasteiger partial charge in [0.05, 0.1) is 24.7 Å². The van der Waals surface area contributed by atoms with Crippen molar-refractivity contribution in [3.8, 4) is 11.5 Å². The Hall–Kier alpha value is -2.74. The summed E-state index contributed by atoms with van der Waals surface area (Å²) in [6.07, 6.45) is 0. The first-order valence-corrected chi connectivity index (χ1v) is 7.20. The third-order valence-electron chi connectivity index (χ3n) is 2.97. The standard InChI is InChI=1S/C15H13NO6S/c1-21-11-8-10(15(17)18)14(12(16(19)20)13(11)22-2)23-9-6-4-3-5-7-9/h3-8H,1-2H3,(H,17,18). The highest BCUT2D eigenvalue weighted by Crippen LogP contribution is 2.47. The molecule has 7 nitrogen and oxygen atoms in total. The molecule has 2 aromatic rings. The molecule has 0 unspecified atom stereocenters. The molecule has 0 amide bonds. The van der Waals surface area contributed by atoms with Gasteiger partial charge in [-0.3, -0.25) is 10.1 Å². The number of carboxylic acids is 1. The number of ether oxygens (including phenoxy) is 2. The van der Waals surface area contributed by atoms with Crippen LogP contribution in [0.1, 0.15) is 10.4 Å². The van der Waals surface area contributed by atoms with Crippen molar-refractivity contribution in [1.29, 1.82) is 0 Å². The average molecular weight is 335 g/mol. The lowest BCUT2D eigenvalue weighted by atomic mass is 10.1. The maximum absolute atomic E-state index is 11.5. The Kier molecular flexibility index (Phi) is 5.07. The Morgan fingerprint density at radius 1 is 1.22 bits per heavy atom. The molecule has 0 atom stereocenters. The number of rotatable bonds is 6. The number of methoxy groups -OCH3 is 2. The van der Waals surface area contributed by atoms with Gasteiger partial charge in [-0.15, -0.1) is 0 Å². The van der Waals surface area contributed by atoms with Crippen LogP contribution < -0.4 is 9.47 Å². The molecule has 0 aliphatic heterocycles. The van der Waals surface area contributed by atoms with Crippen molar-refractivity contribution < 1.29 is 24.3 Å². The molecule has 120 valence electrons. The molecule has 8 heteroatoms. The smallest absolute Gasteiger partial charge is 0.337 e. The molecule has 23 heavy (non-hydrogen) atoms. The van der Waals surface area contributed by atoms with Gasteiger partial charge in [0.25, 0.3) is 0 Å². The molecule has 2 rings (SSSR count). The van der Waals surface area contributed by atoms with Crippen molar-refractivity contribution in [3.05, 3.63) is 52.1 Å². The van der Waals surface area contributed by atoms with E-state index in [9.17, 15) is 20.0 Å². The highest BCUT2D eigenvalue weighted by atomic mass is 32.2. The Morgan fingerprint density at radius 2 is 1.87 bits per heavy atom. The van der Waals surface area contributed by atoms with E-state index in [1.54, 1.807) is 30.3 Å². The molecule has 0 saturated heterocycles. The number of nitrogens with zero attached hydrogens (tertiary/aromatic N) is 1. The first kappa shape index (κ1) is 16.6. The van der Waals surface area contributed by atoms with Crippen molar-refractivity contribution in [2.45, 2.75) is 9.79 Å². The predicted octanol–water partition coefficient (Wildman–Crippen LogP) is 3.46. The monoisotopic (exact) mass is 335 g/mol. The van der Waals surface area contributed by atoms with Gasteiger partial charge in [0.2, 0.25) is 5.75 Å². The normalized spacial score (nSPS) is 10.2. The van der Waals surface area contributed by atoms with Gasteiger partial charge in [0.15, 0.2) is 5.75 Å². The third-order valence-corrected chi connectivity index (χ3v) is 4.10. The highest BCUT2D eigenvalue weighted by molar-refractivity contribution is 7.99. The van der Waals surface area contributed by atoms with Crippen LogP contribution in [0.5, 0.6) is 11.5 Å². The predicted molar refractivity (Wildman–Crippen MR) is 83.7 cm³/mol. The summed E-state index contributed by atoms with van der Waals surface area (Å²) in [4.78, 5) is 23.0. The molecule has 0 aliphatic rings. The van der Waals surface area contributed by atoms with E-state index < -0.39 is 16.6 Å². The van der Waals surface area contributed by atoms with Crippen LogP contribution >= 0.6 is 11.8 Å².